The molecule has 3 rings (SSSR count). The minimum Gasteiger partial charge on any atom is -0.497 e. The van der Waals surface area contributed by atoms with Crippen LogP contribution in [-0.2, 0) is 6.42 Å². The van der Waals surface area contributed by atoms with E-state index in [1.807, 2.05) is 25.1 Å². The Balaban J connectivity index is 1.57. The van der Waals surface area contributed by atoms with Crippen LogP contribution in [0.3, 0.4) is 0 Å². The quantitative estimate of drug-likeness (QED) is 0.940. The fourth-order valence-electron chi connectivity index (χ4n) is 2.47. The lowest BCUT2D eigenvalue weighted by molar-refractivity contribution is 0.0934. The molecule has 5 nitrogen and oxygen atoms in total. The van der Waals surface area contributed by atoms with Crippen molar-refractivity contribution in [3.8, 4) is 11.5 Å². The second kappa shape index (κ2) is 6.36. The van der Waals surface area contributed by atoms with Crippen molar-refractivity contribution < 1.29 is 14.3 Å². The maximum absolute atomic E-state index is 12.0. The number of nitrogens with zero attached hydrogens (tertiary/aromatic N) is 1. The first-order valence-corrected chi connectivity index (χ1v) is 8.03. The van der Waals surface area contributed by atoms with Crippen LogP contribution >= 0.6 is 11.3 Å². The third-order valence-electron chi connectivity index (χ3n) is 3.66. The van der Waals surface area contributed by atoms with Gasteiger partial charge in [0.1, 0.15) is 17.2 Å². The van der Waals surface area contributed by atoms with E-state index in [2.05, 4.69) is 10.3 Å². The summed E-state index contributed by atoms with van der Waals surface area (Å²) in [4.78, 5) is 16.2. The van der Waals surface area contributed by atoms with Crippen molar-refractivity contribution in [2.24, 2.45) is 5.92 Å². The van der Waals surface area contributed by atoms with E-state index in [0.717, 1.165) is 28.5 Å². The van der Waals surface area contributed by atoms with Crippen molar-refractivity contribution in [2.75, 3.05) is 20.3 Å². The van der Waals surface area contributed by atoms with Crippen molar-refractivity contribution in [2.45, 2.75) is 13.3 Å². The highest BCUT2D eigenvalue weighted by atomic mass is 32.1. The lowest BCUT2D eigenvalue weighted by Crippen LogP contribution is -2.34. The van der Waals surface area contributed by atoms with Gasteiger partial charge in [-0.2, -0.15) is 0 Å². The van der Waals surface area contributed by atoms with Gasteiger partial charge in [0.25, 0.3) is 5.91 Å². The molecule has 6 heteroatoms. The molecule has 1 amide bonds. The van der Waals surface area contributed by atoms with Crippen LogP contribution in [0.2, 0.25) is 0 Å². The molecule has 1 aromatic carbocycles. The number of carbonyl (C=O) groups is 1. The van der Waals surface area contributed by atoms with E-state index >= 15 is 0 Å². The first-order valence-electron chi connectivity index (χ1n) is 7.15. The molecule has 2 aromatic rings. The van der Waals surface area contributed by atoms with Crippen LogP contribution in [0.1, 0.15) is 21.1 Å². The lowest BCUT2D eigenvalue weighted by Gasteiger charge is -2.25. The number of amides is 1. The first kappa shape index (κ1) is 14.8. The maximum atomic E-state index is 12.0. The number of rotatable bonds is 4. The summed E-state index contributed by atoms with van der Waals surface area (Å²) in [6.45, 7) is 3.07. The topological polar surface area (TPSA) is 60.5 Å². The third kappa shape index (κ3) is 3.22. The molecule has 1 atom stereocenters. The molecule has 1 N–H and O–H groups in total. The Morgan fingerprint density at radius 1 is 1.55 bits per heavy atom. The third-order valence-corrected chi connectivity index (χ3v) is 4.43. The number of hydrogen-bond acceptors (Lipinski definition) is 5. The molecular formula is C16H18N2O3S. The molecule has 22 heavy (non-hydrogen) atoms. The summed E-state index contributed by atoms with van der Waals surface area (Å²) in [5.41, 5.74) is 1.64. The number of aromatic nitrogens is 1. The molecule has 0 radical (unpaired) electrons. The smallest absolute Gasteiger partial charge is 0.270 e. The van der Waals surface area contributed by atoms with Gasteiger partial charge in [-0.3, -0.25) is 4.79 Å². The minimum atomic E-state index is -0.120. The number of hydrogen-bond donors (Lipinski definition) is 1. The number of benzene rings is 1. The Hall–Kier alpha value is -2.08. The number of fused-ring (bicyclic) bond motifs is 1. The van der Waals surface area contributed by atoms with Gasteiger partial charge < -0.3 is 14.8 Å². The maximum Gasteiger partial charge on any atom is 0.270 e. The van der Waals surface area contributed by atoms with Crippen LogP contribution in [-0.4, -0.2) is 31.2 Å². The summed E-state index contributed by atoms with van der Waals surface area (Å²) in [6, 6.07) is 5.86. The molecule has 2 heterocycles. The average Bonchev–Trinajstić information content (AvgIpc) is 2.98. The summed E-state index contributed by atoms with van der Waals surface area (Å²) in [6.07, 6.45) is 0.885. The van der Waals surface area contributed by atoms with E-state index < -0.39 is 0 Å². The van der Waals surface area contributed by atoms with Crippen molar-refractivity contribution in [1.82, 2.24) is 10.3 Å². The molecular weight excluding hydrogens is 300 g/mol. The Bertz CT molecular complexity index is 684. The molecule has 116 valence electrons. The fraction of sp³-hybridized carbons (Fsp3) is 0.375. The summed E-state index contributed by atoms with van der Waals surface area (Å²) >= 11 is 1.48. The second-order valence-corrected chi connectivity index (χ2v) is 6.38. The molecule has 1 unspecified atom stereocenters. The second-order valence-electron chi connectivity index (χ2n) is 5.32. The highest BCUT2D eigenvalue weighted by molar-refractivity contribution is 7.09. The Labute approximate surface area is 133 Å². The van der Waals surface area contributed by atoms with E-state index in [4.69, 9.17) is 9.47 Å². The number of ether oxygens (including phenoxy) is 2. The van der Waals surface area contributed by atoms with Gasteiger partial charge in [-0.1, -0.05) is 6.07 Å². The highest BCUT2D eigenvalue weighted by Crippen LogP contribution is 2.30. The Kier molecular flexibility index (Phi) is 4.29. The molecule has 0 fully saturated rings. The standard InChI is InChI=1S/C16H18N2O3S/c1-10-18-14(9-22-10)16(19)17-7-11-5-12-3-4-13(20-2)6-15(12)21-8-11/h3-4,6,9,11H,5,7-8H2,1-2H3,(H,17,19). The molecule has 0 saturated heterocycles. The van der Waals surface area contributed by atoms with Crippen molar-refractivity contribution >= 4 is 17.2 Å². The predicted octanol–water partition coefficient (Wildman–Crippen LogP) is 2.44. The van der Waals surface area contributed by atoms with Gasteiger partial charge in [-0.25, -0.2) is 4.98 Å². The van der Waals surface area contributed by atoms with Crippen LogP contribution in [0, 0.1) is 12.8 Å². The summed E-state index contributed by atoms with van der Waals surface area (Å²) in [5.74, 6) is 1.82. The Morgan fingerprint density at radius 2 is 2.41 bits per heavy atom. The normalized spacial score (nSPS) is 16.5. The minimum absolute atomic E-state index is 0.120. The molecule has 0 saturated carbocycles. The van der Waals surface area contributed by atoms with Crippen LogP contribution in [0.5, 0.6) is 11.5 Å². The zero-order valence-corrected chi connectivity index (χ0v) is 13.4. The zero-order valence-electron chi connectivity index (χ0n) is 12.6. The summed E-state index contributed by atoms with van der Waals surface area (Å²) < 4.78 is 11.0. The van der Waals surface area contributed by atoms with Crippen molar-refractivity contribution in [3.05, 3.63) is 39.8 Å². The molecule has 0 aliphatic carbocycles. The number of aryl methyl sites for hydroxylation is 1. The van der Waals surface area contributed by atoms with Crippen molar-refractivity contribution in [3.63, 3.8) is 0 Å². The van der Waals surface area contributed by atoms with Crippen LogP contribution in [0.25, 0.3) is 0 Å². The van der Waals surface area contributed by atoms with Gasteiger partial charge in [0.15, 0.2) is 0 Å². The lowest BCUT2D eigenvalue weighted by atomic mass is 9.96. The number of methoxy groups -OCH3 is 1. The SMILES string of the molecule is COc1ccc2c(c1)OCC(CNC(=O)c1csc(C)n1)C2. The van der Waals surface area contributed by atoms with E-state index in [1.54, 1.807) is 12.5 Å². The molecule has 1 aromatic heterocycles. The van der Waals surface area contributed by atoms with Gasteiger partial charge in [-0.05, 0) is 25.0 Å². The molecule has 0 bridgehead atoms. The van der Waals surface area contributed by atoms with Gasteiger partial charge in [-0.15, -0.1) is 11.3 Å². The van der Waals surface area contributed by atoms with E-state index in [-0.39, 0.29) is 11.8 Å². The number of nitrogens with one attached hydrogen (secondary N) is 1. The number of carbonyl (C=O) groups excluding carboxylic acids is 1. The molecule has 1 aliphatic rings. The summed E-state index contributed by atoms with van der Waals surface area (Å²) in [5, 5.41) is 5.61. The van der Waals surface area contributed by atoms with Crippen molar-refractivity contribution in [1.29, 1.82) is 0 Å². The monoisotopic (exact) mass is 318 g/mol. The predicted molar refractivity (Wildman–Crippen MR) is 84.9 cm³/mol. The first-order chi connectivity index (χ1) is 10.7. The van der Waals surface area contributed by atoms with Crippen LogP contribution in [0.4, 0.5) is 0 Å². The highest BCUT2D eigenvalue weighted by Gasteiger charge is 2.21. The largest absolute Gasteiger partial charge is 0.497 e. The average molecular weight is 318 g/mol. The number of thiazole rings is 1. The Morgan fingerprint density at radius 3 is 3.14 bits per heavy atom. The van der Waals surface area contributed by atoms with Crippen LogP contribution < -0.4 is 14.8 Å². The van der Waals surface area contributed by atoms with Gasteiger partial charge in [0.2, 0.25) is 0 Å². The fourth-order valence-corrected chi connectivity index (χ4v) is 3.06. The van der Waals surface area contributed by atoms with E-state index in [9.17, 15) is 4.79 Å². The molecule has 1 aliphatic heterocycles. The van der Waals surface area contributed by atoms with Gasteiger partial charge >= 0.3 is 0 Å². The molecule has 0 spiro atoms. The van der Waals surface area contributed by atoms with Gasteiger partial charge in [0.05, 0.1) is 18.7 Å². The van der Waals surface area contributed by atoms with E-state index in [0.29, 0.717) is 18.8 Å². The van der Waals surface area contributed by atoms with E-state index in [1.165, 1.54) is 11.3 Å². The van der Waals surface area contributed by atoms with Gasteiger partial charge in [0, 0.05) is 23.9 Å². The van der Waals surface area contributed by atoms with Crippen LogP contribution in [0.15, 0.2) is 23.6 Å². The summed E-state index contributed by atoms with van der Waals surface area (Å²) in [7, 11) is 1.64. The zero-order chi connectivity index (χ0) is 15.5.